The van der Waals surface area contributed by atoms with E-state index in [9.17, 15) is 4.21 Å². The molecule has 10 nitrogen and oxygen atoms in total. The molecule has 6 aromatic heterocycles. The van der Waals surface area contributed by atoms with Gasteiger partial charge in [-0.3, -0.25) is 0 Å². The average molecular weight is 1830 g/mol. The number of fused-ring (bicyclic) bond motifs is 16. The summed E-state index contributed by atoms with van der Waals surface area (Å²) in [7, 11) is 7.28. The van der Waals surface area contributed by atoms with Gasteiger partial charge in [-0.15, -0.1) is 21.5 Å². The van der Waals surface area contributed by atoms with Crippen LogP contribution in [-0.2, 0) is 44.4 Å². The molecule has 0 saturated heterocycles. The van der Waals surface area contributed by atoms with Gasteiger partial charge in [0.25, 0.3) is 5.82 Å². The van der Waals surface area contributed by atoms with Crippen molar-refractivity contribution in [3.8, 4) is 22.3 Å². The number of oxazole rings is 1. The zero-order valence-electron chi connectivity index (χ0n) is 90.3. The van der Waals surface area contributed by atoms with Crippen LogP contribution in [-0.4, -0.2) is 33.1 Å². The number of aryl methyl sites for hydroxylation is 5. The number of nitrogens with zero attached hydrogens (tertiary/aromatic N) is 7. The molecule has 0 atom stereocenters. The fourth-order valence-electron chi connectivity index (χ4n) is 12.3. The highest BCUT2D eigenvalue weighted by molar-refractivity contribution is 7.85. The van der Waals surface area contributed by atoms with Crippen LogP contribution in [0, 0.1) is 20.8 Å². The molecule has 17 aromatic rings. The van der Waals surface area contributed by atoms with E-state index in [4.69, 9.17) is 4.42 Å². The molecular weight excluding hydrogens is 1640 g/mol. The molecule has 1 aliphatic heterocycles. The lowest BCUT2D eigenvalue weighted by Crippen LogP contribution is -2.30. The van der Waals surface area contributed by atoms with Crippen LogP contribution in [0.4, 0.5) is 0 Å². The smallest absolute Gasteiger partial charge is 0.253 e. The second kappa shape index (κ2) is 87.2. The quantitative estimate of drug-likeness (QED) is 0.140. The van der Waals surface area contributed by atoms with Crippen LogP contribution >= 0.6 is 11.3 Å². The van der Waals surface area contributed by atoms with Crippen LogP contribution in [0.15, 0.2) is 304 Å². The van der Waals surface area contributed by atoms with Crippen molar-refractivity contribution in [1.29, 1.82) is 0 Å². The predicted octanol–water partition coefficient (Wildman–Crippen LogP) is 39.3. The number of imidazole rings is 1. The Morgan fingerprint density at radius 3 is 0.916 bits per heavy atom. The predicted molar refractivity (Wildman–Crippen MR) is 601 cm³/mol. The highest BCUT2D eigenvalue weighted by Gasteiger charge is 2.34. The first-order valence-corrected chi connectivity index (χ1v) is 51.3. The summed E-state index contributed by atoms with van der Waals surface area (Å²) in [6.45, 7) is 82.6. The molecule has 0 N–H and O–H groups in total. The topological polar surface area (TPSA) is 101 Å². The first kappa shape index (κ1) is 136. The molecule has 0 unspecified atom stereocenters. The minimum atomic E-state index is -0.973. The fourth-order valence-corrected chi connectivity index (χ4v) is 14.8. The minimum absolute atomic E-state index is 0. The van der Waals surface area contributed by atoms with Crippen LogP contribution in [0.2, 0.25) is 0 Å². The standard InChI is InChI=1S/C15H14.C13H11N.C12H8OS.C12H8O.C12H8S.C10H13N2.C5H9N3.C3H3NO.18C2H6.CH4/c1-15(2)13-9-5-3-7-11(13)12-8-4-6-10-14(12)15;1-14-12-8-4-2-6-10(12)11-7-3-5-9-13(11)14;13-14-11-7-3-1-5-9(11)10-6-2-4-8-12(10)14;2*1-3-7-11-9(5-1)10-6-2-4-8-12(10)13-11;1-8-11(2)9-6-4-5-7-10(9)12(8)3;1-4-6-7-5(2)8(4)3;1-2-5-3-4-1;18*1-2;/h3-10H,1-2H3;2-9H,1H3;1-8H;2*1-8H;4-7H,1-3H3;1-3H3;1-3H;18*1-2H3;1H4/q;;;;;+1;;;;;;;;;;;;;;;;;;;;;. The second-order valence-corrected chi connectivity index (χ2v) is 25.9. The van der Waals surface area contributed by atoms with E-state index in [0.717, 1.165) is 43.7 Å². The Labute approximate surface area is 809 Å². The van der Waals surface area contributed by atoms with E-state index in [2.05, 4.69) is 257 Å². The summed E-state index contributed by atoms with van der Waals surface area (Å²) in [6.07, 6.45) is 4.47. The highest BCUT2D eigenvalue weighted by atomic mass is 32.2. The zero-order valence-corrected chi connectivity index (χ0v) is 91.9. The summed E-state index contributed by atoms with van der Waals surface area (Å²) < 4.78 is 33.5. The van der Waals surface area contributed by atoms with Crippen molar-refractivity contribution in [3.05, 3.63) is 314 Å². The molecule has 0 spiro atoms. The Hall–Kier alpha value is -10.8. The molecule has 0 bridgehead atoms. The molecule has 0 radical (unpaired) electrons. The van der Waals surface area contributed by atoms with Crippen LogP contribution in [0.5, 0.6) is 0 Å². The lowest BCUT2D eigenvalue weighted by atomic mass is 9.82. The van der Waals surface area contributed by atoms with E-state index in [-0.39, 0.29) is 12.8 Å². The number of hydrogen-bond donors (Lipinski definition) is 0. The van der Waals surface area contributed by atoms with E-state index in [0.29, 0.717) is 0 Å². The molecule has 0 fully saturated rings. The minimum Gasteiger partial charge on any atom is -0.456 e. The Balaban J connectivity index is -0.000000211. The van der Waals surface area contributed by atoms with Gasteiger partial charge in [-0.2, -0.15) is 0 Å². The largest absolute Gasteiger partial charge is 0.456 e. The number of rotatable bonds is 0. The van der Waals surface area contributed by atoms with Gasteiger partial charge in [-0.25, -0.2) is 18.3 Å². The maximum atomic E-state index is 12.0. The second-order valence-electron chi connectivity index (χ2n) is 23.4. The molecule has 2 aliphatic rings. The van der Waals surface area contributed by atoms with Crippen molar-refractivity contribution in [1.82, 2.24) is 28.9 Å². The SMILES string of the molecule is C.CC.CC.CC.CC.CC.CC.CC.CC.CC.CC.CC.CC.CC.CC.CC.CC.CC.CC.CC1(C)c2ccccc2-c2ccccc21.Cc1n(C)c2ccccc2[n+]1C.Cc1nnc(C)n1C.Cn1c2ccccc2c2ccccc21.O=S1c2ccccc2-c2ccccc21.c1ccc2c(c1)oc1ccccc12.c1ccc2c(c1)sc1ccccc12.c1cocn1. The first-order chi connectivity index (χ1) is 63.8. The Morgan fingerprint density at radius 2 is 0.603 bits per heavy atom. The van der Waals surface area contributed by atoms with Crippen molar-refractivity contribution >= 4 is 97.1 Å². The maximum Gasteiger partial charge on any atom is 0.253 e. The monoisotopic (exact) mass is 1830 g/mol. The summed E-state index contributed by atoms with van der Waals surface area (Å²) in [4.78, 5) is 5.43. The van der Waals surface area contributed by atoms with Crippen molar-refractivity contribution in [2.24, 2.45) is 28.2 Å². The summed E-state index contributed by atoms with van der Waals surface area (Å²) in [5.41, 5.74) is 15.2. The van der Waals surface area contributed by atoms with E-state index < -0.39 is 10.8 Å². The number of benzene rings is 11. The number of aromatic nitrogens is 7. The van der Waals surface area contributed by atoms with Crippen molar-refractivity contribution in [3.63, 3.8) is 0 Å². The molecule has 0 amide bonds. The number of furan rings is 1. The molecule has 12 heteroatoms. The van der Waals surface area contributed by atoms with Gasteiger partial charge in [0.1, 0.15) is 29.1 Å². The zero-order chi connectivity index (χ0) is 101. The van der Waals surface area contributed by atoms with Gasteiger partial charge in [0.05, 0.1) is 40.9 Å². The molecule has 131 heavy (non-hydrogen) atoms. The number of hydrogen-bond acceptors (Lipinski definition) is 7. The van der Waals surface area contributed by atoms with E-state index in [1.165, 1.54) is 105 Å². The normalized spacial score (nSPS) is 9.41. The molecular formula is C119H186N7O3S2+. The molecule has 11 aromatic carbocycles. The van der Waals surface area contributed by atoms with Gasteiger partial charge in [-0.05, 0) is 108 Å². The van der Waals surface area contributed by atoms with Gasteiger partial charge < -0.3 is 18.0 Å². The number of thiophene rings is 1. The van der Waals surface area contributed by atoms with E-state index in [1.54, 1.807) is 6.20 Å². The summed E-state index contributed by atoms with van der Waals surface area (Å²) >= 11 is 1.86. The fraction of sp³-hybridized carbons (Fsp3) is 0.395. The van der Waals surface area contributed by atoms with Gasteiger partial charge in [-0.1, -0.05) is 477 Å². The first-order valence-electron chi connectivity index (χ1n) is 49.3. The molecule has 7 heterocycles. The van der Waals surface area contributed by atoms with Gasteiger partial charge in [0, 0.05) is 79.2 Å². The van der Waals surface area contributed by atoms with Gasteiger partial charge >= 0.3 is 0 Å². The molecule has 726 valence electrons. The lowest BCUT2D eigenvalue weighted by molar-refractivity contribution is -0.652. The third-order valence-electron chi connectivity index (χ3n) is 17.6. The molecule has 1 aliphatic carbocycles. The van der Waals surface area contributed by atoms with Gasteiger partial charge in [0.2, 0.25) is 0 Å². The van der Waals surface area contributed by atoms with E-state index >= 15 is 0 Å². The number of para-hydroxylation sites is 6. The highest BCUT2D eigenvalue weighted by Crippen LogP contribution is 2.48. The summed E-state index contributed by atoms with van der Waals surface area (Å²) in [5.74, 6) is 3.20. The van der Waals surface area contributed by atoms with Crippen LogP contribution in [0.3, 0.4) is 0 Å². The average Bonchev–Trinajstić information content (AvgIpc) is 1.60. The summed E-state index contributed by atoms with van der Waals surface area (Å²) in [5, 5.41) is 15.5. The van der Waals surface area contributed by atoms with Crippen LogP contribution in [0.25, 0.3) is 97.2 Å². The van der Waals surface area contributed by atoms with Crippen LogP contribution in [0.1, 0.15) is 299 Å². The van der Waals surface area contributed by atoms with E-state index in [1.807, 2.05) is 371 Å². The van der Waals surface area contributed by atoms with Crippen molar-refractivity contribution < 1.29 is 17.6 Å². The molecule has 0 saturated carbocycles. The summed E-state index contributed by atoms with van der Waals surface area (Å²) in [6, 6.07) is 92.0. The third kappa shape index (κ3) is 40.9. The Bertz CT molecular complexity index is 5030. The van der Waals surface area contributed by atoms with Crippen molar-refractivity contribution in [2.45, 2.75) is 307 Å². The Kier molecular flexibility index (Phi) is 90.3. The molecule has 19 rings (SSSR count). The van der Waals surface area contributed by atoms with Crippen LogP contribution < -0.4 is 4.57 Å². The third-order valence-corrected chi connectivity index (χ3v) is 20.2. The van der Waals surface area contributed by atoms with Crippen molar-refractivity contribution in [2.75, 3.05) is 0 Å². The Morgan fingerprint density at radius 1 is 0.321 bits per heavy atom. The van der Waals surface area contributed by atoms with Gasteiger partial charge in [0.15, 0.2) is 17.4 Å². The lowest BCUT2D eigenvalue weighted by Gasteiger charge is -2.20. The maximum absolute atomic E-state index is 12.0.